The molecule has 0 radical (unpaired) electrons. The molecule has 1 fully saturated rings. The van der Waals surface area contributed by atoms with Crippen molar-refractivity contribution in [1.29, 1.82) is 0 Å². The molecule has 150 valence electrons. The minimum Gasteiger partial charge on any atom is -0.490 e. The highest BCUT2D eigenvalue weighted by Crippen LogP contribution is 2.33. The Labute approximate surface area is 162 Å². The van der Waals surface area contributed by atoms with E-state index in [1.165, 1.54) is 16.4 Å². The van der Waals surface area contributed by atoms with Crippen LogP contribution in [0.3, 0.4) is 0 Å². The Morgan fingerprint density at radius 3 is 2.43 bits per heavy atom. The number of carbonyl (C=O) groups is 1. The first kappa shape index (κ1) is 18.8. The molecule has 28 heavy (non-hydrogen) atoms. The maximum atomic E-state index is 13.0. The zero-order valence-corrected chi connectivity index (χ0v) is 16.3. The van der Waals surface area contributed by atoms with Crippen LogP contribution in [0.4, 0.5) is 0 Å². The van der Waals surface area contributed by atoms with Gasteiger partial charge in [0.05, 0.1) is 23.8 Å². The van der Waals surface area contributed by atoms with Gasteiger partial charge in [-0.05, 0) is 19.1 Å². The third-order valence-corrected chi connectivity index (χ3v) is 6.62. The van der Waals surface area contributed by atoms with Crippen LogP contribution in [0.2, 0.25) is 0 Å². The Balaban J connectivity index is 1.46. The fourth-order valence-corrected chi connectivity index (χ4v) is 4.64. The van der Waals surface area contributed by atoms with Gasteiger partial charge in [0.1, 0.15) is 0 Å². The Bertz CT molecular complexity index is 979. The largest absolute Gasteiger partial charge is 0.490 e. The van der Waals surface area contributed by atoms with Crippen LogP contribution < -0.4 is 9.47 Å². The van der Waals surface area contributed by atoms with Crippen molar-refractivity contribution < 1.29 is 27.2 Å². The van der Waals surface area contributed by atoms with Crippen molar-refractivity contribution in [3.8, 4) is 11.5 Å². The first-order chi connectivity index (χ1) is 13.4. The summed E-state index contributed by atoms with van der Waals surface area (Å²) in [6, 6.07) is 6.23. The lowest BCUT2D eigenvalue weighted by molar-refractivity contribution is 0.0656. The molecule has 0 saturated carbocycles. The van der Waals surface area contributed by atoms with Gasteiger partial charge in [0, 0.05) is 44.7 Å². The van der Waals surface area contributed by atoms with Gasteiger partial charge in [0.25, 0.3) is 5.91 Å². The maximum absolute atomic E-state index is 13.0. The Hall–Kier alpha value is -2.59. The van der Waals surface area contributed by atoms with E-state index in [0.29, 0.717) is 30.4 Å². The number of ether oxygens (including phenoxy) is 2. The van der Waals surface area contributed by atoms with Gasteiger partial charge in [0.15, 0.2) is 11.5 Å². The van der Waals surface area contributed by atoms with E-state index in [4.69, 9.17) is 14.0 Å². The zero-order valence-electron chi connectivity index (χ0n) is 15.5. The van der Waals surface area contributed by atoms with Gasteiger partial charge < -0.3 is 18.9 Å². The van der Waals surface area contributed by atoms with E-state index < -0.39 is 10.0 Å². The first-order valence-corrected chi connectivity index (χ1v) is 10.5. The molecule has 1 aromatic carbocycles. The molecule has 2 aromatic rings. The topological polar surface area (TPSA) is 102 Å². The van der Waals surface area contributed by atoms with Crippen molar-refractivity contribution in [2.75, 3.05) is 39.4 Å². The number of fused-ring (bicyclic) bond motifs is 1. The summed E-state index contributed by atoms with van der Waals surface area (Å²) < 4.78 is 43.5. The average molecular weight is 407 g/mol. The molecule has 4 rings (SSSR count). The second kappa shape index (κ2) is 7.44. The molecule has 0 unspecified atom stereocenters. The third-order valence-electron chi connectivity index (χ3n) is 4.72. The third kappa shape index (κ3) is 3.57. The minimum atomic E-state index is -3.69. The molecule has 1 saturated heterocycles. The van der Waals surface area contributed by atoms with Crippen molar-refractivity contribution in [2.24, 2.45) is 0 Å². The summed E-state index contributed by atoms with van der Waals surface area (Å²) in [5, 5.41) is 3.72. The summed E-state index contributed by atoms with van der Waals surface area (Å²) in [6.45, 7) is 3.73. The van der Waals surface area contributed by atoms with Gasteiger partial charge in [-0.3, -0.25) is 4.79 Å². The van der Waals surface area contributed by atoms with Crippen LogP contribution in [0.1, 0.15) is 22.7 Å². The summed E-state index contributed by atoms with van der Waals surface area (Å²) in [7, 11) is -3.69. The lowest BCUT2D eigenvalue weighted by Gasteiger charge is -2.33. The van der Waals surface area contributed by atoms with Gasteiger partial charge in [-0.15, -0.1) is 0 Å². The molecule has 0 aliphatic carbocycles. The molecule has 0 spiro atoms. The van der Waals surface area contributed by atoms with Gasteiger partial charge in [-0.2, -0.15) is 4.31 Å². The Kier molecular flexibility index (Phi) is 4.98. The predicted octanol–water partition coefficient (Wildman–Crippen LogP) is 1.29. The summed E-state index contributed by atoms with van der Waals surface area (Å²) in [5.74, 6) is 0.868. The minimum absolute atomic E-state index is 0.155. The molecule has 10 heteroatoms. The van der Waals surface area contributed by atoms with Crippen LogP contribution in [0.5, 0.6) is 11.5 Å². The number of carbonyl (C=O) groups excluding carboxylic acids is 1. The Morgan fingerprint density at radius 2 is 1.75 bits per heavy atom. The van der Waals surface area contributed by atoms with Crippen molar-refractivity contribution >= 4 is 15.9 Å². The molecule has 3 heterocycles. The predicted molar refractivity (Wildman–Crippen MR) is 98.0 cm³/mol. The maximum Gasteiger partial charge on any atom is 0.292 e. The van der Waals surface area contributed by atoms with E-state index in [1.807, 2.05) is 0 Å². The SMILES string of the molecule is Cc1cc(C(=O)N2CCN(S(=O)(=O)c3ccc4c(c3)OCCCO4)CC2)on1. The molecule has 0 bridgehead atoms. The highest BCUT2D eigenvalue weighted by atomic mass is 32.2. The average Bonchev–Trinajstić information content (AvgIpc) is 3.00. The molecule has 2 aliphatic heterocycles. The van der Waals surface area contributed by atoms with Crippen molar-refractivity contribution in [1.82, 2.24) is 14.4 Å². The lowest BCUT2D eigenvalue weighted by Crippen LogP contribution is -2.50. The van der Waals surface area contributed by atoms with Crippen molar-refractivity contribution in [2.45, 2.75) is 18.2 Å². The second-order valence-electron chi connectivity index (χ2n) is 6.69. The molecule has 1 aromatic heterocycles. The number of hydrogen-bond acceptors (Lipinski definition) is 7. The van der Waals surface area contributed by atoms with E-state index >= 15 is 0 Å². The van der Waals surface area contributed by atoms with Gasteiger partial charge >= 0.3 is 0 Å². The summed E-state index contributed by atoms with van der Waals surface area (Å²) in [5.41, 5.74) is 0.624. The van der Waals surface area contributed by atoms with Crippen LogP contribution in [-0.4, -0.2) is 68.1 Å². The van der Waals surface area contributed by atoms with Crippen LogP contribution >= 0.6 is 0 Å². The highest BCUT2D eigenvalue weighted by Gasteiger charge is 2.32. The molecule has 9 nitrogen and oxygen atoms in total. The number of aromatic nitrogens is 1. The van der Waals surface area contributed by atoms with Crippen LogP contribution in [0.25, 0.3) is 0 Å². The molecule has 2 aliphatic rings. The van der Waals surface area contributed by atoms with Gasteiger partial charge in [-0.25, -0.2) is 8.42 Å². The van der Waals surface area contributed by atoms with Crippen LogP contribution in [-0.2, 0) is 10.0 Å². The number of hydrogen-bond donors (Lipinski definition) is 0. The van der Waals surface area contributed by atoms with E-state index in [-0.39, 0.29) is 42.7 Å². The van der Waals surface area contributed by atoms with E-state index in [9.17, 15) is 13.2 Å². The Morgan fingerprint density at radius 1 is 1.04 bits per heavy atom. The van der Waals surface area contributed by atoms with E-state index in [1.54, 1.807) is 24.0 Å². The zero-order chi connectivity index (χ0) is 19.7. The number of aryl methyl sites for hydroxylation is 1. The van der Waals surface area contributed by atoms with Crippen molar-refractivity contribution in [3.05, 3.63) is 35.7 Å². The summed E-state index contributed by atoms with van der Waals surface area (Å²) in [4.78, 5) is 14.2. The fourth-order valence-electron chi connectivity index (χ4n) is 3.20. The molecular weight excluding hydrogens is 386 g/mol. The molecular formula is C18H21N3O6S. The van der Waals surface area contributed by atoms with Gasteiger partial charge in [0.2, 0.25) is 15.8 Å². The quantitative estimate of drug-likeness (QED) is 0.755. The lowest BCUT2D eigenvalue weighted by atomic mass is 10.3. The normalized spacial score (nSPS) is 18.0. The summed E-state index contributed by atoms with van der Waals surface area (Å²) >= 11 is 0. The molecule has 0 N–H and O–H groups in total. The molecule has 0 atom stereocenters. The number of piperazine rings is 1. The number of sulfonamides is 1. The number of rotatable bonds is 3. The fraction of sp³-hybridized carbons (Fsp3) is 0.444. The number of benzene rings is 1. The monoisotopic (exact) mass is 407 g/mol. The number of amides is 1. The highest BCUT2D eigenvalue weighted by molar-refractivity contribution is 7.89. The second-order valence-corrected chi connectivity index (χ2v) is 8.63. The first-order valence-electron chi connectivity index (χ1n) is 9.07. The van der Waals surface area contributed by atoms with E-state index in [2.05, 4.69) is 5.16 Å². The standard InChI is InChI=1S/C18H21N3O6S/c1-13-11-17(27-19-13)18(22)20-5-7-21(8-6-20)28(23,24)14-3-4-15-16(12-14)26-10-2-9-25-15/h3-4,11-12H,2,5-10H2,1H3. The van der Waals surface area contributed by atoms with Crippen molar-refractivity contribution in [3.63, 3.8) is 0 Å². The van der Waals surface area contributed by atoms with Crippen LogP contribution in [0, 0.1) is 6.92 Å². The number of nitrogens with zero attached hydrogens (tertiary/aromatic N) is 3. The molecule has 1 amide bonds. The van der Waals surface area contributed by atoms with E-state index in [0.717, 1.165) is 6.42 Å². The smallest absolute Gasteiger partial charge is 0.292 e. The van der Waals surface area contributed by atoms with Gasteiger partial charge in [-0.1, -0.05) is 5.16 Å². The summed E-state index contributed by atoms with van der Waals surface area (Å²) in [6.07, 6.45) is 0.747. The van der Waals surface area contributed by atoms with Crippen LogP contribution in [0.15, 0.2) is 33.7 Å².